The van der Waals surface area contributed by atoms with Gasteiger partial charge in [0.25, 0.3) is 0 Å². The van der Waals surface area contributed by atoms with Crippen molar-refractivity contribution < 1.29 is 4.74 Å². The van der Waals surface area contributed by atoms with Crippen LogP contribution in [0.5, 0.6) is 0 Å². The van der Waals surface area contributed by atoms with Crippen LogP contribution in [0.15, 0.2) is 0 Å². The summed E-state index contributed by atoms with van der Waals surface area (Å²) in [7, 11) is 0. The maximum absolute atomic E-state index is 6.46. The van der Waals surface area contributed by atoms with Crippen molar-refractivity contribution >= 4 is 11.6 Å². The lowest BCUT2D eigenvalue weighted by Crippen LogP contribution is -2.24. The van der Waals surface area contributed by atoms with E-state index in [1.165, 1.54) is 57.8 Å². The minimum atomic E-state index is 0.462. The summed E-state index contributed by atoms with van der Waals surface area (Å²) >= 11 is 6.46. The molecule has 0 radical (unpaired) electrons. The summed E-state index contributed by atoms with van der Waals surface area (Å²) in [6.07, 6.45) is 12.1. The van der Waals surface area contributed by atoms with Crippen molar-refractivity contribution in [3.8, 4) is 0 Å². The van der Waals surface area contributed by atoms with Crippen LogP contribution in [0.1, 0.15) is 64.7 Å². The first-order valence-electron chi connectivity index (χ1n) is 7.97. The molecular weight excluding hydrogens is 244 g/mol. The zero-order valence-corrected chi connectivity index (χ0v) is 12.6. The second kappa shape index (κ2) is 7.75. The highest BCUT2D eigenvalue weighted by atomic mass is 35.5. The van der Waals surface area contributed by atoms with Gasteiger partial charge in [-0.3, -0.25) is 0 Å². The lowest BCUT2D eigenvalue weighted by Gasteiger charge is -2.31. The van der Waals surface area contributed by atoms with E-state index in [1.807, 2.05) is 0 Å². The Morgan fingerprint density at radius 2 is 1.72 bits per heavy atom. The number of unbranched alkanes of at least 4 members (excludes halogenated alkanes) is 1. The van der Waals surface area contributed by atoms with Gasteiger partial charge in [0.05, 0.1) is 0 Å². The Balaban J connectivity index is 1.56. The number of ether oxygens (including phenoxy) is 1. The van der Waals surface area contributed by atoms with Crippen LogP contribution in [0.2, 0.25) is 0 Å². The highest BCUT2D eigenvalue weighted by Gasteiger charge is 2.26. The van der Waals surface area contributed by atoms with E-state index >= 15 is 0 Å². The predicted octanol–water partition coefficient (Wildman–Crippen LogP) is 5.02. The van der Waals surface area contributed by atoms with Gasteiger partial charge >= 0.3 is 0 Å². The first-order valence-corrected chi connectivity index (χ1v) is 8.41. The molecule has 3 unspecified atom stereocenters. The first-order chi connectivity index (χ1) is 8.75. The van der Waals surface area contributed by atoms with Crippen molar-refractivity contribution in [1.29, 1.82) is 0 Å². The second-order valence-electron chi connectivity index (χ2n) is 6.53. The summed E-state index contributed by atoms with van der Waals surface area (Å²) in [4.78, 5) is 0. The maximum atomic E-state index is 6.46. The highest BCUT2D eigenvalue weighted by molar-refractivity contribution is 6.20. The summed E-state index contributed by atoms with van der Waals surface area (Å²) < 4.78 is 5.41. The Bertz CT molecular complexity index is 225. The maximum Gasteiger partial charge on any atom is 0.0468 e. The van der Waals surface area contributed by atoms with Gasteiger partial charge < -0.3 is 4.74 Å². The van der Waals surface area contributed by atoms with E-state index in [4.69, 9.17) is 16.3 Å². The van der Waals surface area contributed by atoms with E-state index in [2.05, 4.69) is 6.92 Å². The van der Waals surface area contributed by atoms with E-state index in [1.54, 1.807) is 0 Å². The molecule has 2 fully saturated rings. The molecule has 1 heterocycles. The molecule has 1 saturated carbocycles. The molecule has 1 aliphatic carbocycles. The molecule has 0 amide bonds. The average Bonchev–Trinajstić information content (AvgIpc) is 2.40. The normalized spacial score (nSPS) is 34.7. The molecule has 0 spiro atoms. The fourth-order valence-electron chi connectivity index (χ4n) is 3.64. The standard InChI is InChI=1S/C16H29ClO/c1-13-6-7-16(17)15(12-13)5-3-2-4-14-8-10-18-11-9-14/h13-16H,2-12H2,1H3. The molecule has 2 heteroatoms. The Morgan fingerprint density at radius 1 is 1.00 bits per heavy atom. The van der Waals surface area contributed by atoms with Gasteiger partial charge in [0.2, 0.25) is 0 Å². The Kier molecular flexibility index (Phi) is 6.31. The summed E-state index contributed by atoms with van der Waals surface area (Å²) in [6, 6.07) is 0. The molecule has 106 valence electrons. The van der Waals surface area contributed by atoms with Crippen LogP contribution in [-0.2, 0) is 4.74 Å². The van der Waals surface area contributed by atoms with E-state index in [9.17, 15) is 0 Å². The fourth-order valence-corrected chi connectivity index (χ4v) is 3.99. The van der Waals surface area contributed by atoms with Gasteiger partial charge in [-0.05, 0) is 56.3 Å². The van der Waals surface area contributed by atoms with Gasteiger partial charge in [-0.1, -0.05) is 26.2 Å². The van der Waals surface area contributed by atoms with Crippen LogP contribution in [0, 0.1) is 17.8 Å². The van der Waals surface area contributed by atoms with Crippen LogP contribution in [-0.4, -0.2) is 18.6 Å². The molecule has 18 heavy (non-hydrogen) atoms. The number of rotatable bonds is 5. The Morgan fingerprint density at radius 3 is 2.50 bits per heavy atom. The van der Waals surface area contributed by atoms with E-state index in [0.29, 0.717) is 5.38 Å². The molecule has 0 bridgehead atoms. The van der Waals surface area contributed by atoms with Crippen molar-refractivity contribution in [3.05, 3.63) is 0 Å². The molecular formula is C16H29ClO. The van der Waals surface area contributed by atoms with E-state index < -0.39 is 0 Å². The van der Waals surface area contributed by atoms with Crippen LogP contribution in [0.25, 0.3) is 0 Å². The van der Waals surface area contributed by atoms with Gasteiger partial charge in [0.1, 0.15) is 0 Å². The largest absolute Gasteiger partial charge is 0.381 e. The lowest BCUT2D eigenvalue weighted by molar-refractivity contribution is 0.0629. The molecule has 2 rings (SSSR count). The van der Waals surface area contributed by atoms with Crippen molar-refractivity contribution in [2.75, 3.05) is 13.2 Å². The van der Waals surface area contributed by atoms with Crippen molar-refractivity contribution in [2.45, 2.75) is 70.1 Å². The number of halogens is 1. The molecule has 1 saturated heterocycles. The third-order valence-corrected chi connectivity index (χ3v) is 5.50. The lowest BCUT2D eigenvalue weighted by atomic mass is 9.79. The van der Waals surface area contributed by atoms with Crippen LogP contribution < -0.4 is 0 Å². The monoisotopic (exact) mass is 272 g/mol. The summed E-state index contributed by atoms with van der Waals surface area (Å²) in [6.45, 7) is 4.38. The van der Waals surface area contributed by atoms with Crippen LogP contribution in [0.3, 0.4) is 0 Å². The second-order valence-corrected chi connectivity index (χ2v) is 7.10. The molecule has 0 aromatic rings. The molecule has 1 aliphatic heterocycles. The van der Waals surface area contributed by atoms with Crippen molar-refractivity contribution in [3.63, 3.8) is 0 Å². The Hall–Kier alpha value is 0.250. The van der Waals surface area contributed by atoms with Crippen LogP contribution >= 0.6 is 11.6 Å². The Labute approximate surface area is 118 Å². The minimum absolute atomic E-state index is 0.462. The zero-order valence-electron chi connectivity index (χ0n) is 11.9. The van der Waals surface area contributed by atoms with Gasteiger partial charge in [0, 0.05) is 18.6 Å². The van der Waals surface area contributed by atoms with Crippen molar-refractivity contribution in [1.82, 2.24) is 0 Å². The van der Waals surface area contributed by atoms with E-state index in [0.717, 1.165) is 31.0 Å². The molecule has 0 aromatic carbocycles. The zero-order chi connectivity index (χ0) is 12.8. The van der Waals surface area contributed by atoms with Crippen molar-refractivity contribution in [2.24, 2.45) is 17.8 Å². The van der Waals surface area contributed by atoms with Gasteiger partial charge in [-0.15, -0.1) is 11.6 Å². The summed E-state index contributed by atoms with van der Waals surface area (Å²) in [5.74, 6) is 2.64. The number of alkyl halides is 1. The smallest absolute Gasteiger partial charge is 0.0468 e. The molecule has 0 aromatic heterocycles. The topological polar surface area (TPSA) is 9.23 Å². The fraction of sp³-hybridized carbons (Fsp3) is 1.00. The quantitative estimate of drug-likeness (QED) is 0.505. The minimum Gasteiger partial charge on any atom is -0.381 e. The van der Waals surface area contributed by atoms with E-state index in [-0.39, 0.29) is 0 Å². The average molecular weight is 273 g/mol. The molecule has 2 aliphatic rings. The third kappa shape index (κ3) is 4.74. The summed E-state index contributed by atoms with van der Waals surface area (Å²) in [5, 5.41) is 0.462. The highest BCUT2D eigenvalue weighted by Crippen LogP contribution is 2.35. The third-order valence-electron chi connectivity index (χ3n) is 4.93. The number of hydrogen-bond acceptors (Lipinski definition) is 1. The molecule has 3 atom stereocenters. The number of hydrogen-bond donors (Lipinski definition) is 0. The molecule has 1 nitrogen and oxygen atoms in total. The van der Waals surface area contributed by atoms with Crippen LogP contribution in [0.4, 0.5) is 0 Å². The van der Waals surface area contributed by atoms with Gasteiger partial charge in [-0.2, -0.15) is 0 Å². The molecule has 0 N–H and O–H groups in total. The van der Waals surface area contributed by atoms with Gasteiger partial charge in [0.15, 0.2) is 0 Å². The SMILES string of the molecule is CC1CCC(Cl)C(CCCCC2CCOCC2)C1. The van der Waals surface area contributed by atoms with Gasteiger partial charge in [-0.25, -0.2) is 0 Å². The first kappa shape index (κ1) is 14.7. The predicted molar refractivity (Wildman–Crippen MR) is 78.2 cm³/mol. The summed E-state index contributed by atoms with van der Waals surface area (Å²) in [5.41, 5.74) is 0.